The summed E-state index contributed by atoms with van der Waals surface area (Å²) in [6, 6.07) is 12.1. The molecule has 2 rings (SSSR count). The van der Waals surface area contributed by atoms with E-state index in [9.17, 15) is 14.4 Å². The van der Waals surface area contributed by atoms with Gasteiger partial charge in [0.2, 0.25) is 0 Å². The molecule has 0 radical (unpaired) electrons. The topological polar surface area (TPSA) is 109 Å². The Morgan fingerprint density at radius 2 is 1.87 bits per heavy atom. The van der Waals surface area contributed by atoms with Crippen LogP contribution in [0.25, 0.3) is 0 Å². The molecule has 0 aliphatic carbocycles. The maximum absolute atomic E-state index is 12.2. The maximum Gasteiger partial charge on any atom is 0.329 e. The van der Waals surface area contributed by atoms with E-state index in [1.54, 1.807) is 36.4 Å². The number of amides is 3. The number of hydrogen-bond donors (Lipinski definition) is 3. The van der Waals surface area contributed by atoms with Gasteiger partial charge < -0.3 is 15.4 Å². The highest BCUT2D eigenvalue weighted by Gasteiger charge is 2.12. The number of rotatable bonds is 8. The second-order valence-corrected chi connectivity index (χ2v) is 7.55. The van der Waals surface area contributed by atoms with Crippen molar-refractivity contribution in [3.05, 3.63) is 58.6 Å². The van der Waals surface area contributed by atoms with Crippen molar-refractivity contribution in [1.82, 2.24) is 10.7 Å². The van der Waals surface area contributed by atoms with Gasteiger partial charge in [0.25, 0.3) is 5.91 Å². The molecule has 2 aromatic rings. The average Bonchev–Trinajstić information content (AvgIpc) is 2.73. The van der Waals surface area contributed by atoms with Gasteiger partial charge in [-0.2, -0.15) is 5.10 Å². The Balaban J connectivity index is 1.90. The van der Waals surface area contributed by atoms with Gasteiger partial charge in [-0.25, -0.2) is 5.43 Å². The predicted molar refractivity (Wildman–Crippen MR) is 120 cm³/mol. The van der Waals surface area contributed by atoms with Crippen LogP contribution in [0, 0.1) is 12.8 Å². The van der Waals surface area contributed by atoms with Crippen LogP contribution >= 0.6 is 11.6 Å². The molecule has 164 valence electrons. The summed E-state index contributed by atoms with van der Waals surface area (Å²) < 4.78 is 5.57. The van der Waals surface area contributed by atoms with Gasteiger partial charge in [0, 0.05) is 22.8 Å². The summed E-state index contributed by atoms with van der Waals surface area (Å²) in [7, 11) is 0. The number of nitrogens with one attached hydrogen (secondary N) is 3. The summed E-state index contributed by atoms with van der Waals surface area (Å²) in [6.45, 7) is 5.87. The molecule has 2 aromatic carbocycles. The number of carbonyl (C=O) groups excluding carboxylic acids is 3. The van der Waals surface area contributed by atoms with Gasteiger partial charge in [-0.1, -0.05) is 43.6 Å². The zero-order chi connectivity index (χ0) is 22.8. The highest BCUT2D eigenvalue weighted by atomic mass is 35.5. The van der Waals surface area contributed by atoms with E-state index in [1.807, 2.05) is 26.8 Å². The Morgan fingerprint density at radius 1 is 1.13 bits per heavy atom. The zero-order valence-electron chi connectivity index (χ0n) is 17.6. The molecule has 0 fully saturated rings. The fraction of sp³-hybridized carbons (Fsp3) is 0.273. The standard InChI is InChI=1S/C22H25ClN4O4/c1-14(2)11-24-21(29)22(30)27-25-12-16-6-4-5-7-19(16)31-13-20(28)26-17-9-8-15(3)18(23)10-17/h4-10,12,14H,11,13H2,1-3H3,(H,24,29)(H,26,28)(H,27,30)/b25-12-. The van der Waals surface area contributed by atoms with Crippen LogP contribution in [0.3, 0.4) is 0 Å². The number of para-hydroxylation sites is 1. The number of carbonyl (C=O) groups is 3. The summed E-state index contributed by atoms with van der Waals surface area (Å²) in [5, 5.41) is 9.54. The van der Waals surface area contributed by atoms with E-state index in [2.05, 4.69) is 21.2 Å². The fourth-order valence-corrected chi connectivity index (χ4v) is 2.50. The van der Waals surface area contributed by atoms with Crippen molar-refractivity contribution in [1.29, 1.82) is 0 Å². The first kappa shape index (κ1) is 23.9. The molecular weight excluding hydrogens is 420 g/mol. The van der Waals surface area contributed by atoms with Crippen LogP contribution in [0.1, 0.15) is 25.0 Å². The lowest BCUT2D eigenvalue weighted by molar-refractivity contribution is -0.139. The highest BCUT2D eigenvalue weighted by molar-refractivity contribution is 6.35. The Morgan fingerprint density at radius 3 is 2.58 bits per heavy atom. The molecule has 0 spiro atoms. The molecule has 0 atom stereocenters. The molecule has 3 N–H and O–H groups in total. The zero-order valence-corrected chi connectivity index (χ0v) is 18.3. The molecule has 0 aromatic heterocycles. The molecule has 9 heteroatoms. The average molecular weight is 445 g/mol. The number of anilines is 1. The fourth-order valence-electron chi connectivity index (χ4n) is 2.32. The van der Waals surface area contributed by atoms with E-state index in [0.29, 0.717) is 28.6 Å². The van der Waals surface area contributed by atoms with E-state index in [-0.39, 0.29) is 18.4 Å². The van der Waals surface area contributed by atoms with Crippen LogP contribution in [0.15, 0.2) is 47.6 Å². The third kappa shape index (κ3) is 8.10. The molecular formula is C22H25ClN4O4. The molecule has 0 aliphatic rings. The van der Waals surface area contributed by atoms with Crippen molar-refractivity contribution < 1.29 is 19.1 Å². The maximum atomic E-state index is 12.2. The Bertz CT molecular complexity index is 976. The van der Waals surface area contributed by atoms with Crippen LogP contribution < -0.4 is 20.8 Å². The second kappa shape index (κ2) is 11.7. The molecule has 0 saturated carbocycles. The number of nitrogens with zero attached hydrogens (tertiary/aromatic N) is 1. The van der Waals surface area contributed by atoms with Crippen molar-refractivity contribution in [2.24, 2.45) is 11.0 Å². The van der Waals surface area contributed by atoms with Gasteiger partial charge in [-0.15, -0.1) is 0 Å². The summed E-state index contributed by atoms with van der Waals surface area (Å²) in [5.41, 5.74) is 4.16. The molecule has 3 amide bonds. The van der Waals surface area contributed by atoms with Crippen molar-refractivity contribution in [3.8, 4) is 5.75 Å². The van der Waals surface area contributed by atoms with Gasteiger partial charge in [0.1, 0.15) is 5.75 Å². The normalized spacial score (nSPS) is 10.7. The smallest absolute Gasteiger partial charge is 0.329 e. The first-order chi connectivity index (χ1) is 14.8. The Kier molecular flexibility index (Phi) is 9.02. The van der Waals surface area contributed by atoms with E-state index < -0.39 is 11.8 Å². The molecule has 0 unspecified atom stereocenters. The Labute approximate surface area is 186 Å². The lowest BCUT2D eigenvalue weighted by Crippen LogP contribution is -2.39. The second-order valence-electron chi connectivity index (χ2n) is 7.14. The number of aryl methyl sites for hydroxylation is 1. The third-order valence-corrected chi connectivity index (χ3v) is 4.39. The number of hydrogen-bond acceptors (Lipinski definition) is 5. The first-order valence-corrected chi connectivity index (χ1v) is 10.0. The minimum atomic E-state index is -0.869. The van der Waals surface area contributed by atoms with E-state index >= 15 is 0 Å². The SMILES string of the molecule is Cc1ccc(NC(=O)COc2ccccc2/C=N\NC(=O)C(=O)NCC(C)C)cc1Cl. The van der Waals surface area contributed by atoms with Gasteiger partial charge >= 0.3 is 11.8 Å². The van der Waals surface area contributed by atoms with Crippen LogP contribution in [-0.4, -0.2) is 37.1 Å². The lowest BCUT2D eigenvalue weighted by atomic mass is 10.2. The van der Waals surface area contributed by atoms with E-state index in [0.717, 1.165) is 5.56 Å². The van der Waals surface area contributed by atoms with Crippen molar-refractivity contribution >= 4 is 41.2 Å². The van der Waals surface area contributed by atoms with Gasteiger partial charge in [0.15, 0.2) is 6.61 Å². The number of ether oxygens (including phenoxy) is 1. The molecule has 0 aliphatic heterocycles. The van der Waals surface area contributed by atoms with Gasteiger partial charge in [-0.3, -0.25) is 14.4 Å². The molecule has 0 saturated heterocycles. The Hall–Kier alpha value is -3.39. The molecule has 31 heavy (non-hydrogen) atoms. The molecule has 8 nitrogen and oxygen atoms in total. The predicted octanol–water partition coefficient (Wildman–Crippen LogP) is 2.89. The number of hydrazone groups is 1. The van der Waals surface area contributed by atoms with E-state index in [1.165, 1.54) is 6.21 Å². The van der Waals surface area contributed by atoms with Crippen LogP contribution in [0.4, 0.5) is 5.69 Å². The summed E-state index contributed by atoms with van der Waals surface area (Å²) in [6.07, 6.45) is 1.33. The summed E-state index contributed by atoms with van der Waals surface area (Å²) in [5.74, 6) is -1.37. The van der Waals surface area contributed by atoms with Gasteiger partial charge in [0.05, 0.1) is 6.21 Å². The monoisotopic (exact) mass is 444 g/mol. The van der Waals surface area contributed by atoms with E-state index in [4.69, 9.17) is 16.3 Å². The highest BCUT2D eigenvalue weighted by Crippen LogP contribution is 2.20. The van der Waals surface area contributed by atoms with Crippen LogP contribution in [0.2, 0.25) is 5.02 Å². The molecule has 0 bridgehead atoms. The summed E-state index contributed by atoms with van der Waals surface area (Å²) in [4.78, 5) is 35.5. The minimum Gasteiger partial charge on any atom is -0.483 e. The quantitative estimate of drug-likeness (QED) is 0.330. The van der Waals surface area contributed by atoms with Crippen molar-refractivity contribution in [2.75, 3.05) is 18.5 Å². The van der Waals surface area contributed by atoms with Crippen molar-refractivity contribution in [2.45, 2.75) is 20.8 Å². The first-order valence-electron chi connectivity index (χ1n) is 9.65. The molecule has 0 heterocycles. The van der Waals surface area contributed by atoms with Crippen LogP contribution in [0.5, 0.6) is 5.75 Å². The van der Waals surface area contributed by atoms with Crippen molar-refractivity contribution in [3.63, 3.8) is 0 Å². The third-order valence-electron chi connectivity index (χ3n) is 3.98. The largest absolute Gasteiger partial charge is 0.483 e. The summed E-state index contributed by atoms with van der Waals surface area (Å²) >= 11 is 6.06. The number of halogens is 1. The minimum absolute atomic E-state index is 0.226. The number of benzene rings is 2. The lowest BCUT2D eigenvalue weighted by Gasteiger charge is -2.10. The van der Waals surface area contributed by atoms with Gasteiger partial charge in [-0.05, 0) is 42.7 Å². The van der Waals surface area contributed by atoms with Crippen LogP contribution in [-0.2, 0) is 14.4 Å².